The smallest absolute Gasteiger partial charge is 0.325 e. The van der Waals surface area contributed by atoms with E-state index in [1.54, 1.807) is 0 Å². The molecule has 3 aromatic carbocycles. The number of carbonyl (C=O) groups is 6. The highest BCUT2D eigenvalue weighted by atomic mass is 32.2. The molecule has 1 aliphatic rings. The zero-order valence-electron chi connectivity index (χ0n) is 28.7. The van der Waals surface area contributed by atoms with Gasteiger partial charge in [-0.2, -0.15) is 0 Å². The Morgan fingerprint density at radius 3 is 1.94 bits per heavy atom. The van der Waals surface area contributed by atoms with Crippen molar-refractivity contribution in [2.24, 2.45) is 5.73 Å². The number of hydrogen-bond acceptors (Lipinski definition) is 10. The Labute approximate surface area is 302 Å². The van der Waals surface area contributed by atoms with Crippen LogP contribution < -0.4 is 32.3 Å². The Morgan fingerprint density at radius 2 is 1.43 bits per heavy atom. The van der Waals surface area contributed by atoms with Crippen molar-refractivity contribution in [2.45, 2.75) is 43.0 Å². The zero-order valence-corrected chi connectivity index (χ0v) is 30.4. The number of nitrogens with one attached hydrogen (secondary N) is 2. The van der Waals surface area contributed by atoms with Gasteiger partial charge in [-0.3, -0.25) is 33.7 Å². The quantitative estimate of drug-likeness (QED) is 0.0982. The molecule has 4 rings (SSSR count). The summed E-state index contributed by atoms with van der Waals surface area (Å²) in [6.45, 7) is -0.184. The van der Waals surface area contributed by atoms with E-state index in [1.165, 1.54) is 35.0 Å². The highest BCUT2D eigenvalue weighted by molar-refractivity contribution is 8.00. The predicted octanol–water partition coefficient (Wildman–Crippen LogP) is 1.29. The fraction of sp³-hybridized carbons (Fsp3) is 0.351. The van der Waals surface area contributed by atoms with Crippen LogP contribution in [0.25, 0.3) is 0 Å². The fourth-order valence-corrected chi connectivity index (χ4v) is 11.5. The number of methoxy groups -OCH3 is 2. The molecule has 1 aliphatic heterocycles. The summed E-state index contributed by atoms with van der Waals surface area (Å²) in [4.78, 5) is 77.1. The number of amides is 4. The minimum atomic E-state index is -2.16. The number of carbonyl (C=O) groups excluding carboxylic acids is 6. The Hall–Kier alpha value is -4.58. The summed E-state index contributed by atoms with van der Waals surface area (Å²) >= 11 is 1.08. The molecule has 0 saturated carbocycles. The van der Waals surface area contributed by atoms with Crippen LogP contribution >= 0.6 is 19.0 Å². The van der Waals surface area contributed by atoms with Gasteiger partial charge in [-0.1, -0.05) is 54.6 Å². The summed E-state index contributed by atoms with van der Waals surface area (Å²) in [5.41, 5.74) is 5.73. The molecule has 1 fully saturated rings. The molecule has 4 N–H and O–H groups in total. The lowest BCUT2D eigenvalue weighted by atomic mass is 10.1. The molecule has 1 heterocycles. The maximum atomic E-state index is 13.6. The topological polar surface area (TPSA) is 174 Å². The third-order valence-corrected chi connectivity index (χ3v) is 14.4. The molecule has 270 valence electrons. The number of hydrogen-bond donors (Lipinski definition) is 3. The Balaban J connectivity index is 1.44. The summed E-state index contributed by atoms with van der Waals surface area (Å²) in [5.74, 6) is -3.29. The zero-order chi connectivity index (χ0) is 36.8. The summed E-state index contributed by atoms with van der Waals surface area (Å²) in [5, 5.41) is 7.88. The van der Waals surface area contributed by atoms with Crippen LogP contribution in [-0.4, -0.2) is 97.0 Å². The van der Waals surface area contributed by atoms with Gasteiger partial charge < -0.3 is 25.8 Å². The summed E-state index contributed by atoms with van der Waals surface area (Å²) in [6.07, 6.45) is 1.07. The van der Waals surface area contributed by atoms with E-state index in [0.29, 0.717) is 6.42 Å². The lowest BCUT2D eigenvalue weighted by Gasteiger charge is -2.28. The van der Waals surface area contributed by atoms with Crippen molar-refractivity contribution in [1.82, 2.24) is 15.5 Å². The largest absolute Gasteiger partial charge is 0.468 e. The molecule has 51 heavy (non-hydrogen) atoms. The first-order chi connectivity index (χ1) is 24.6. The van der Waals surface area contributed by atoms with E-state index in [1.807, 2.05) is 54.6 Å². The van der Waals surface area contributed by atoms with Crippen molar-refractivity contribution < 1.29 is 38.2 Å². The average Bonchev–Trinajstić information content (AvgIpc) is 3.44. The Bertz CT molecular complexity index is 1570. The minimum absolute atomic E-state index is 0.0187. The summed E-state index contributed by atoms with van der Waals surface area (Å²) in [7, 11) is 0.206. The van der Waals surface area contributed by atoms with E-state index < -0.39 is 54.9 Å². The van der Waals surface area contributed by atoms with E-state index >= 15 is 0 Å². The van der Waals surface area contributed by atoms with Crippen LogP contribution in [0.15, 0.2) is 91.0 Å². The van der Waals surface area contributed by atoms with Crippen LogP contribution in [-0.2, 0) is 38.2 Å². The lowest BCUT2D eigenvalue weighted by Crippen LogP contribution is -2.50. The van der Waals surface area contributed by atoms with Gasteiger partial charge in [0.1, 0.15) is 41.8 Å². The summed E-state index contributed by atoms with van der Waals surface area (Å²) in [6, 6.07) is 28.9. The first-order valence-corrected chi connectivity index (χ1v) is 19.6. The highest BCUT2D eigenvalue weighted by Gasteiger charge is 2.46. The molecular formula is C37H44N4O8PS+. The normalized spacial score (nSPS) is 15.5. The molecule has 0 aliphatic carbocycles. The number of thioether (sulfide) groups is 1. The van der Waals surface area contributed by atoms with Crippen molar-refractivity contribution in [1.29, 1.82) is 0 Å². The van der Waals surface area contributed by atoms with E-state index in [2.05, 4.69) is 56.5 Å². The van der Waals surface area contributed by atoms with Crippen LogP contribution in [0, 0.1) is 0 Å². The molecule has 0 aromatic heterocycles. The molecule has 4 amide bonds. The van der Waals surface area contributed by atoms with Crippen molar-refractivity contribution in [2.75, 3.05) is 39.2 Å². The molecule has 0 spiro atoms. The van der Waals surface area contributed by atoms with Crippen LogP contribution in [0.4, 0.5) is 0 Å². The number of nitrogens with zero attached hydrogens (tertiary/aromatic N) is 1. The molecule has 12 nitrogen and oxygen atoms in total. The second-order valence-corrected chi connectivity index (χ2v) is 16.7. The molecule has 3 atom stereocenters. The molecule has 14 heteroatoms. The first kappa shape index (κ1) is 39.2. The van der Waals surface area contributed by atoms with Gasteiger partial charge in [-0.15, -0.1) is 11.8 Å². The van der Waals surface area contributed by atoms with Crippen LogP contribution in [0.3, 0.4) is 0 Å². The Kier molecular flexibility index (Phi) is 14.7. The van der Waals surface area contributed by atoms with E-state index in [9.17, 15) is 28.8 Å². The van der Waals surface area contributed by atoms with Crippen molar-refractivity contribution in [3.63, 3.8) is 0 Å². The van der Waals surface area contributed by atoms with Gasteiger partial charge in [0.25, 0.3) is 0 Å². The van der Waals surface area contributed by atoms with Gasteiger partial charge in [0.15, 0.2) is 0 Å². The predicted molar refractivity (Wildman–Crippen MR) is 198 cm³/mol. The molecular weight excluding hydrogens is 691 g/mol. The van der Waals surface area contributed by atoms with Crippen molar-refractivity contribution >= 4 is 70.5 Å². The van der Waals surface area contributed by atoms with Gasteiger partial charge in [0.05, 0.1) is 25.6 Å². The van der Waals surface area contributed by atoms with E-state index in [4.69, 9.17) is 5.73 Å². The Morgan fingerprint density at radius 1 is 0.882 bits per heavy atom. The number of likely N-dealkylation sites (tertiary alicyclic amines) is 1. The van der Waals surface area contributed by atoms with Gasteiger partial charge in [0, 0.05) is 31.6 Å². The standard InChI is InChI=1S/C37H43N4O8PS/c1-48-34(44)24-39-35(45)30(40-32(42)20-19-29(38)37(47)49-2)25-51-31-23-33(43)41(36(31)46)21-12-22-50(26-13-6-3-7-14-26,27-15-8-4-9-16-27)28-17-10-5-11-18-28/h3-11,13-18,29-31H,12,19-25,38H2,1-2H3,(H-,39,40,42,45)/p+1/t29-,30-,31?/m0/s1. The monoisotopic (exact) mass is 735 g/mol. The second kappa shape index (κ2) is 19.1. The molecule has 1 unspecified atom stereocenters. The second-order valence-electron chi connectivity index (χ2n) is 11.9. The van der Waals surface area contributed by atoms with Crippen molar-refractivity contribution in [3.05, 3.63) is 91.0 Å². The third-order valence-electron chi connectivity index (χ3n) is 8.61. The molecule has 3 aromatic rings. The molecule has 0 radical (unpaired) electrons. The van der Waals surface area contributed by atoms with Gasteiger partial charge >= 0.3 is 11.9 Å². The number of benzene rings is 3. The fourth-order valence-electron chi connectivity index (χ4n) is 5.94. The maximum Gasteiger partial charge on any atom is 0.325 e. The number of imide groups is 1. The SMILES string of the molecule is COC(=O)CNC(=O)[C@H](CSC1CC(=O)N(CCC[P+](c2ccccc2)(c2ccccc2)c2ccccc2)C1=O)NC(=O)CC[C@H](N)C(=O)OC. The summed E-state index contributed by atoms with van der Waals surface area (Å²) < 4.78 is 9.16. The minimum Gasteiger partial charge on any atom is -0.468 e. The number of esters is 2. The van der Waals surface area contributed by atoms with Crippen LogP contribution in [0.5, 0.6) is 0 Å². The third kappa shape index (κ3) is 10.2. The maximum absolute atomic E-state index is 13.6. The van der Waals surface area contributed by atoms with Gasteiger partial charge in [0.2, 0.25) is 23.6 Å². The van der Waals surface area contributed by atoms with Gasteiger partial charge in [-0.05, 0) is 42.8 Å². The number of rotatable bonds is 18. The van der Waals surface area contributed by atoms with E-state index in [-0.39, 0.29) is 43.4 Å². The molecule has 0 bridgehead atoms. The molecule has 1 saturated heterocycles. The lowest BCUT2D eigenvalue weighted by molar-refractivity contribution is -0.142. The number of ether oxygens (including phenoxy) is 2. The van der Waals surface area contributed by atoms with Crippen LogP contribution in [0.1, 0.15) is 25.7 Å². The first-order valence-electron chi connectivity index (χ1n) is 16.6. The average molecular weight is 736 g/mol. The van der Waals surface area contributed by atoms with Crippen LogP contribution in [0.2, 0.25) is 0 Å². The highest BCUT2D eigenvalue weighted by Crippen LogP contribution is 2.55. The van der Waals surface area contributed by atoms with Crippen molar-refractivity contribution in [3.8, 4) is 0 Å². The van der Waals surface area contributed by atoms with Gasteiger partial charge in [-0.25, -0.2) is 0 Å². The number of nitrogens with two attached hydrogens (primary N) is 1. The van der Waals surface area contributed by atoms with E-state index in [0.717, 1.165) is 17.9 Å².